The van der Waals surface area contributed by atoms with E-state index in [2.05, 4.69) is 15.6 Å². The number of nitrogens with one attached hydrogen (secondary N) is 2. The predicted octanol–water partition coefficient (Wildman–Crippen LogP) is 3.59. The number of amides is 2. The van der Waals surface area contributed by atoms with E-state index in [1.807, 2.05) is 49.4 Å². The Morgan fingerprint density at radius 1 is 1.03 bits per heavy atom. The number of aryl methyl sites for hydroxylation is 1. The Labute approximate surface area is 169 Å². The second-order valence-electron chi connectivity index (χ2n) is 6.42. The van der Waals surface area contributed by atoms with E-state index in [0.717, 1.165) is 23.3 Å². The van der Waals surface area contributed by atoms with E-state index in [1.54, 1.807) is 24.4 Å². The number of aromatic nitrogens is 1. The van der Waals surface area contributed by atoms with E-state index in [4.69, 9.17) is 4.74 Å². The van der Waals surface area contributed by atoms with Gasteiger partial charge in [-0.25, -0.2) is 0 Å². The molecule has 6 heteroatoms. The standard InChI is InChI=1S/C23H23N3O3/c1-2-18-8-3-4-11-21(18)29-16-22(27)25-14-17-7-5-10-20(13-17)26-23(28)19-9-6-12-24-15-19/h3-13,15H,2,14,16H2,1H3,(H,25,27)(H,26,28). The van der Waals surface area contributed by atoms with Gasteiger partial charge in [0.1, 0.15) is 5.75 Å². The minimum Gasteiger partial charge on any atom is -0.483 e. The van der Waals surface area contributed by atoms with Crippen molar-refractivity contribution in [3.05, 3.63) is 89.7 Å². The molecule has 2 amide bonds. The van der Waals surface area contributed by atoms with Crippen molar-refractivity contribution in [3.8, 4) is 5.75 Å². The lowest BCUT2D eigenvalue weighted by atomic mass is 10.1. The van der Waals surface area contributed by atoms with Crippen LogP contribution in [-0.4, -0.2) is 23.4 Å². The van der Waals surface area contributed by atoms with Crippen LogP contribution in [0.25, 0.3) is 0 Å². The molecule has 0 radical (unpaired) electrons. The summed E-state index contributed by atoms with van der Waals surface area (Å²) < 4.78 is 5.63. The fraction of sp³-hybridized carbons (Fsp3) is 0.174. The number of anilines is 1. The van der Waals surface area contributed by atoms with Crippen molar-refractivity contribution in [1.29, 1.82) is 0 Å². The van der Waals surface area contributed by atoms with Gasteiger partial charge in [-0.05, 0) is 47.9 Å². The van der Waals surface area contributed by atoms with Crippen LogP contribution in [0.1, 0.15) is 28.4 Å². The monoisotopic (exact) mass is 389 g/mol. The van der Waals surface area contributed by atoms with Gasteiger partial charge in [0.2, 0.25) is 0 Å². The van der Waals surface area contributed by atoms with Crippen molar-refractivity contribution < 1.29 is 14.3 Å². The number of nitrogens with zero attached hydrogens (tertiary/aromatic N) is 1. The summed E-state index contributed by atoms with van der Waals surface area (Å²) in [7, 11) is 0. The van der Waals surface area contributed by atoms with Crippen molar-refractivity contribution in [2.24, 2.45) is 0 Å². The zero-order valence-electron chi connectivity index (χ0n) is 16.2. The van der Waals surface area contributed by atoms with Gasteiger partial charge in [-0.1, -0.05) is 37.3 Å². The van der Waals surface area contributed by atoms with Crippen molar-refractivity contribution in [2.75, 3.05) is 11.9 Å². The van der Waals surface area contributed by atoms with E-state index < -0.39 is 0 Å². The first-order valence-corrected chi connectivity index (χ1v) is 9.43. The minimum atomic E-state index is -0.234. The van der Waals surface area contributed by atoms with Gasteiger partial charge in [0.15, 0.2) is 6.61 Å². The molecule has 29 heavy (non-hydrogen) atoms. The van der Waals surface area contributed by atoms with Crippen LogP contribution < -0.4 is 15.4 Å². The SMILES string of the molecule is CCc1ccccc1OCC(=O)NCc1cccc(NC(=O)c2cccnc2)c1. The maximum atomic E-state index is 12.2. The lowest BCUT2D eigenvalue weighted by Crippen LogP contribution is -2.28. The molecule has 6 nitrogen and oxygen atoms in total. The molecule has 2 aromatic carbocycles. The molecule has 0 saturated carbocycles. The van der Waals surface area contributed by atoms with Crippen LogP contribution in [0.3, 0.4) is 0 Å². The molecule has 3 rings (SSSR count). The largest absolute Gasteiger partial charge is 0.483 e. The van der Waals surface area contributed by atoms with Gasteiger partial charge in [-0.3, -0.25) is 14.6 Å². The summed E-state index contributed by atoms with van der Waals surface area (Å²) in [5.74, 6) is 0.285. The molecule has 0 atom stereocenters. The highest BCUT2D eigenvalue weighted by atomic mass is 16.5. The molecule has 0 spiro atoms. The Balaban J connectivity index is 1.51. The molecular formula is C23H23N3O3. The number of ether oxygens (including phenoxy) is 1. The smallest absolute Gasteiger partial charge is 0.258 e. The van der Waals surface area contributed by atoms with Crippen LogP contribution in [0.2, 0.25) is 0 Å². The van der Waals surface area contributed by atoms with Crippen molar-refractivity contribution >= 4 is 17.5 Å². The number of rotatable bonds is 8. The molecule has 1 heterocycles. The van der Waals surface area contributed by atoms with Crippen molar-refractivity contribution in [3.63, 3.8) is 0 Å². The molecule has 0 aliphatic rings. The maximum Gasteiger partial charge on any atom is 0.258 e. The second kappa shape index (κ2) is 10.0. The molecule has 3 aromatic rings. The minimum absolute atomic E-state index is 0.0472. The molecule has 0 bridgehead atoms. The first kappa shape index (κ1) is 20.1. The van der Waals surface area contributed by atoms with Gasteiger partial charge in [-0.15, -0.1) is 0 Å². The van der Waals surface area contributed by atoms with Crippen LogP contribution in [0.5, 0.6) is 5.75 Å². The average molecular weight is 389 g/mol. The van der Waals surface area contributed by atoms with E-state index >= 15 is 0 Å². The Morgan fingerprint density at radius 2 is 1.90 bits per heavy atom. The van der Waals surface area contributed by atoms with Crippen LogP contribution in [-0.2, 0) is 17.8 Å². The van der Waals surface area contributed by atoms with Crippen LogP contribution >= 0.6 is 0 Å². The Morgan fingerprint density at radius 3 is 2.69 bits per heavy atom. The number of hydrogen-bond acceptors (Lipinski definition) is 4. The molecule has 148 valence electrons. The fourth-order valence-corrected chi connectivity index (χ4v) is 2.79. The highest BCUT2D eigenvalue weighted by molar-refractivity contribution is 6.04. The zero-order valence-corrected chi connectivity index (χ0v) is 16.2. The molecule has 0 aliphatic heterocycles. The number of benzene rings is 2. The van der Waals surface area contributed by atoms with Crippen LogP contribution in [0, 0.1) is 0 Å². The van der Waals surface area contributed by atoms with Gasteiger partial charge in [0.25, 0.3) is 11.8 Å². The third kappa shape index (κ3) is 5.90. The van der Waals surface area contributed by atoms with Crippen molar-refractivity contribution in [2.45, 2.75) is 19.9 Å². The number of carbonyl (C=O) groups is 2. The summed E-state index contributed by atoms with van der Waals surface area (Å²) in [5, 5.41) is 5.66. The van der Waals surface area contributed by atoms with Crippen LogP contribution in [0.4, 0.5) is 5.69 Å². The molecule has 0 fully saturated rings. The van der Waals surface area contributed by atoms with Crippen molar-refractivity contribution in [1.82, 2.24) is 10.3 Å². The Bertz CT molecular complexity index is 974. The highest BCUT2D eigenvalue weighted by Crippen LogP contribution is 2.18. The van der Waals surface area contributed by atoms with E-state index in [1.165, 1.54) is 6.20 Å². The molecule has 0 saturated heterocycles. The highest BCUT2D eigenvalue weighted by Gasteiger charge is 2.08. The fourth-order valence-electron chi connectivity index (χ4n) is 2.79. The second-order valence-corrected chi connectivity index (χ2v) is 6.42. The molecule has 2 N–H and O–H groups in total. The first-order chi connectivity index (χ1) is 14.2. The number of carbonyl (C=O) groups excluding carboxylic acids is 2. The zero-order chi connectivity index (χ0) is 20.5. The number of hydrogen-bond donors (Lipinski definition) is 2. The summed E-state index contributed by atoms with van der Waals surface area (Å²) >= 11 is 0. The van der Waals surface area contributed by atoms with E-state index in [9.17, 15) is 9.59 Å². The van der Waals surface area contributed by atoms with Gasteiger partial charge >= 0.3 is 0 Å². The van der Waals surface area contributed by atoms with E-state index in [0.29, 0.717) is 17.8 Å². The lowest BCUT2D eigenvalue weighted by molar-refractivity contribution is -0.123. The first-order valence-electron chi connectivity index (χ1n) is 9.43. The van der Waals surface area contributed by atoms with E-state index in [-0.39, 0.29) is 18.4 Å². The number of pyridine rings is 1. The maximum absolute atomic E-state index is 12.2. The summed E-state index contributed by atoms with van der Waals surface area (Å²) in [4.78, 5) is 28.3. The normalized spacial score (nSPS) is 10.2. The van der Waals surface area contributed by atoms with Crippen LogP contribution in [0.15, 0.2) is 73.1 Å². The third-order valence-corrected chi connectivity index (χ3v) is 4.31. The van der Waals surface area contributed by atoms with Gasteiger partial charge in [-0.2, -0.15) is 0 Å². The van der Waals surface area contributed by atoms with Gasteiger partial charge in [0, 0.05) is 24.6 Å². The average Bonchev–Trinajstić information content (AvgIpc) is 2.77. The quantitative estimate of drug-likeness (QED) is 0.617. The number of para-hydroxylation sites is 1. The topological polar surface area (TPSA) is 80.3 Å². The molecule has 0 unspecified atom stereocenters. The summed E-state index contributed by atoms with van der Waals surface area (Å²) in [6, 6.07) is 18.4. The van der Waals surface area contributed by atoms with Gasteiger partial charge in [0.05, 0.1) is 5.56 Å². The molecule has 1 aromatic heterocycles. The summed E-state index contributed by atoms with van der Waals surface area (Å²) in [6.45, 7) is 2.34. The third-order valence-electron chi connectivity index (χ3n) is 4.31. The summed E-state index contributed by atoms with van der Waals surface area (Å²) in [5.41, 5.74) is 3.07. The Kier molecular flexibility index (Phi) is 6.95. The van der Waals surface area contributed by atoms with Gasteiger partial charge < -0.3 is 15.4 Å². The predicted molar refractivity (Wildman–Crippen MR) is 112 cm³/mol. The Hall–Kier alpha value is -3.67. The molecular weight excluding hydrogens is 366 g/mol. The molecule has 0 aliphatic carbocycles. The lowest BCUT2D eigenvalue weighted by Gasteiger charge is -2.11. The summed E-state index contributed by atoms with van der Waals surface area (Å²) in [6.07, 6.45) is 3.97.